The number of rotatable bonds is 7. The van der Waals surface area contributed by atoms with Crippen LogP contribution >= 0.6 is 0 Å². The topological polar surface area (TPSA) is 128 Å². The van der Waals surface area contributed by atoms with Crippen LogP contribution in [-0.2, 0) is 0 Å². The van der Waals surface area contributed by atoms with Crippen LogP contribution in [0.1, 0.15) is 16.1 Å². The van der Waals surface area contributed by atoms with Gasteiger partial charge in [0.05, 0.1) is 10.6 Å². The lowest BCUT2D eigenvalue weighted by Gasteiger charge is -2.08. The fourth-order valence-electron chi connectivity index (χ4n) is 2.40. The molecule has 0 fully saturated rings. The molecule has 10 heteroatoms. The number of amides is 1. The average molecular weight is 367 g/mol. The van der Waals surface area contributed by atoms with E-state index < -0.39 is 10.8 Å². The van der Waals surface area contributed by atoms with E-state index in [-0.39, 0.29) is 17.8 Å². The van der Waals surface area contributed by atoms with Gasteiger partial charge in [0.25, 0.3) is 11.6 Å². The van der Waals surface area contributed by atoms with Gasteiger partial charge < -0.3 is 10.6 Å². The third-order valence-electron chi connectivity index (χ3n) is 3.67. The molecule has 3 rings (SSSR count). The van der Waals surface area contributed by atoms with E-state index in [1.54, 1.807) is 23.0 Å². The average Bonchev–Trinajstić information content (AvgIpc) is 3.11. The minimum absolute atomic E-state index is 0.0286. The van der Waals surface area contributed by atoms with Gasteiger partial charge in [-0.05, 0) is 19.1 Å². The first-order valence-electron chi connectivity index (χ1n) is 8.15. The van der Waals surface area contributed by atoms with Gasteiger partial charge in [-0.1, -0.05) is 12.1 Å². The molecule has 0 unspecified atom stereocenters. The first-order chi connectivity index (χ1) is 13.0. The molecule has 0 aliphatic carbocycles. The van der Waals surface area contributed by atoms with Crippen LogP contribution in [0.5, 0.6) is 0 Å². The lowest BCUT2D eigenvalue weighted by Crippen LogP contribution is -2.29. The molecule has 1 aromatic carbocycles. The molecule has 138 valence electrons. The van der Waals surface area contributed by atoms with E-state index in [9.17, 15) is 14.9 Å². The highest BCUT2D eigenvalue weighted by Gasteiger charge is 2.18. The SMILES string of the molecule is Cc1ccn(-c2cc(NCCNC(=O)c3ccccc3[N+](=O)[O-])ncn2)n1. The maximum Gasteiger partial charge on any atom is 0.282 e. The lowest BCUT2D eigenvalue weighted by atomic mass is 10.1. The fraction of sp³-hybridized carbons (Fsp3) is 0.176. The number of hydrogen-bond acceptors (Lipinski definition) is 7. The summed E-state index contributed by atoms with van der Waals surface area (Å²) < 4.78 is 1.64. The van der Waals surface area contributed by atoms with Gasteiger partial charge in [0.2, 0.25) is 0 Å². The number of nitrogens with zero attached hydrogens (tertiary/aromatic N) is 5. The summed E-state index contributed by atoms with van der Waals surface area (Å²) in [6.45, 7) is 2.54. The normalized spacial score (nSPS) is 10.4. The standard InChI is InChI=1S/C17H17N7O3/c1-12-6-9-23(22-12)16-10-15(20-11-21-16)18-7-8-19-17(25)13-4-2-3-5-14(13)24(26)27/h2-6,9-11H,7-8H2,1H3,(H,19,25)(H,18,20,21). The van der Waals surface area contributed by atoms with Crippen LogP contribution < -0.4 is 10.6 Å². The van der Waals surface area contributed by atoms with Gasteiger partial charge in [0, 0.05) is 31.4 Å². The molecular weight excluding hydrogens is 350 g/mol. The van der Waals surface area contributed by atoms with Gasteiger partial charge in [-0.2, -0.15) is 5.10 Å². The minimum atomic E-state index is -0.577. The Balaban J connectivity index is 1.55. The Labute approximate surface area is 154 Å². The monoisotopic (exact) mass is 367 g/mol. The Bertz CT molecular complexity index is 970. The zero-order valence-corrected chi connectivity index (χ0v) is 14.5. The van der Waals surface area contributed by atoms with E-state index in [1.807, 2.05) is 13.0 Å². The Morgan fingerprint density at radius 1 is 1.22 bits per heavy atom. The van der Waals surface area contributed by atoms with Crippen molar-refractivity contribution in [3.8, 4) is 5.82 Å². The summed E-state index contributed by atoms with van der Waals surface area (Å²) in [5.74, 6) is 0.692. The summed E-state index contributed by atoms with van der Waals surface area (Å²) in [5, 5.41) is 21.0. The van der Waals surface area contributed by atoms with E-state index in [2.05, 4.69) is 25.7 Å². The summed E-state index contributed by atoms with van der Waals surface area (Å²) in [5.41, 5.74) is 0.680. The van der Waals surface area contributed by atoms with E-state index in [0.717, 1.165) is 5.69 Å². The van der Waals surface area contributed by atoms with Crippen LogP contribution in [0, 0.1) is 17.0 Å². The number of nitrogens with one attached hydrogen (secondary N) is 2. The van der Waals surface area contributed by atoms with Gasteiger partial charge in [0.1, 0.15) is 17.7 Å². The van der Waals surface area contributed by atoms with E-state index in [4.69, 9.17) is 0 Å². The number of carbonyl (C=O) groups excluding carboxylic acids is 1. The molecule has 0 aliphatic rings. The molecule has 2 heterocycles. The zero-order chi connectivity index (χ0) is 19.2. The predicted molar refractivity (Wildman–Crippen MR) is 97.8 cm³/mol. The van der Waals surface area contributed by atoms with Crippen molar-refractivity contribution in [1.29, 1.82) is 0 Å². The van der Waals surface area contributed by atoms with Crippen LogP contribution in [0.25, 0.3) is 5.82 Å². The highest BCUT2D eigenvalue weighted by molar-refractivity contribution is 5.98. The third-order valence-corrected chi connectivity index (χ3v) is 3.67. The van der Waals surface area contributed by atoms with Gasteiger partial charge in [-0.3, -0.25) is 14.9 Å². The second kappa shape index (κ2) is 8.04. The van der Waals surface area contributed by atoms with Crippen LogP contribution in [0.3, 0.4) is 0 Å². The zero-order valence-electron chi connectivity index (χ0n) is 14.5. The number of aryl methyl sites for hydroxylation is 1. The fourth-order valence-corrected chi connectivity index (χ4v) is 2.40. The second-order valence-corrected chi connectivity index (χ2v) is 5.62. The first kappa shape index (κ1) is 18.0. The smallest absolute Gasteiger partial charge is 0.282 e. The Kier molecular flexibility index (Phi) is 5.36. The molecule has 0 atom stereocenters. The number of aromatic nitrogens is 4. The molecule has 27 heavy (non-hydrogen) atoms. The summed E-state index contributed by atoms with van der Waals surface area (Å²) in [6, 6.07) is 9.42. The molecule has 3 aromatic rings. The van der Waals surface area contributed by atoms with Crippen LogP contribution in [0.2, 0.25) is 0 Å². The molecule has 2 N–H and O–H groups in total. The van der Waals surface area contributed by atoms with Gasteiger partial charge >= 0.3 is 0 Å². The van der Waals surface area contributed by atoms with Crippen molar-refractivity contribution in [2.45, 2.75) is 6.92 Å². The predicted octanol–water partition coefficient (Wildman–Crippen LogP) is 1.72. The maximum absolute atomic E-state index is 12.1. The number of nitro groups is 1. The summed E-state index contributed by atoms with van der Waals surface area (Å²) in [6.07, 6.45) is 3.22. The number of para-hydroxylation sites is 1. The number of hydrogen-bond donors (Lipinski definition) is 2. The summed E-state index contributed by atoms with van der Waals surface area (Å²) in [4.78, 5) is 30.8. The van der Waals surface area contributed by atoms with Crippen molar-refractivity contribution in [2.24, 2.45) is 0 Å². The molecule has 0 saturated carbocycles. The molecule has 0 radical (unpaired) electrons. The first-order valence-corrected chi connectivity index (χ1v) is 8.15. The third kappa shape index (κ3) is 4.42. The van der Waals surface area contributed by atoms with Crippen molar-refractivity contribution < 1.29 is 9.72 Å². The van der Waals surface area contributed by atoms with Crippen LogP contribution in [0.4, 0.5) is 11.5 Å². The number of benzene rings is 1. The second-order valence-electron chi connectivity index (χ2n) is 5.62. The van der Waals surface area contributed by atoms with Crippen molar-refractivity contribution in [2.75, 3.05) is 18.4 Å². The molecular formula is C17H17N7O3. The maximum atomic E-state index is 12.1. The highest BCUT2D eigenvalue weighted by atomic mass is 16.6. The molecule has 0 bridgehead atoms. The molecule has 0 aliphatic heterocycles. The molecule has 0 saturated heterocycles. The number of anilines is 1. The highest BCUT2D eigenvalue weighted by Crippen LogP contribution is 2.17. The van der Waals surface area contributed by atoms with Gasteiger partial charge in [-0.15, -0.1) is 0 Å². The van der Waals surface area contributed by atoms with Crippen molar-refractivity contribution in [1.82, 2.24) is 25.1 Å². The van der Waals surface area contributed by atoms with Crippen LogP contribution in [-0.4, -0.2) is 43.7 Å². The lowest BCUT2D eigenvalue weighted by molar-refractivity contribution is -0.385. The Hall–Kier alpha value is -3.82. The number of carbonyl (C=O) groups is 1. The van der Waals surface area contributed by atoms with Crippen molar-refractivity contribution >= 4 is 17.4 Å². The largest absolute Gasteiger partial charge is 0.368 e. The van der Waals surface area contributed by atoms with Crippen molar-refractivity contribution in [3.63, 3.8) is 0 Å². The Morgan fingerprint density at radius 2 is 2.04 bits per heavy atom. The quantitative estimate of drug-likeness (QED) is 0.370. The molecule has 1 amide bonds. The summed E-state index contributed by atoms with van der Waals surface area (Å²) >= 11 is 0. The molecule has 2 aromatic heterocycles. The molecule has 0 spiro atoms. The van der Waals surface area contributed by atoms with Gasteiger partial charge in [0.15, 0.2) is 5.82 Å². The van der Waals surface area contributed by atoms with E-state index >= 15 is 0 Å². The van der Waals surface area contributed by atoms with Gasteiger partial charge in [-0.25, -0.2) is 14.6 Å². The van der Waals surface area contributed by atoms with E-state index in [0.29, 0.717) is 18.2 Å². The number of nitro benzene ring substituents is 1. The minimum Gasteiger partial charge on any atom is -0.368 e. The molecule has 10 nitrogen and oxygen atoms in total. The Morgan fingerprint density at radius 3 is 2.78 bits per heavy atom. The van der Waals surface area contributed by atoms with Crippen LogP contribution in [0.15, 0.2) is 48.9 Å². The van der Waals surface area contributed by atoms with E-state index in [1.165, 1.54) is 24.5 Å². The summed E-state index contributed by atoms with van der Waals surface area (Å²) in [7, 11) is 0. The van der Waals surface area contributed by atoms with Crippen molar-refractivity contribution in [3.05, 3.63) is 70.3 Å².